The smallest absolute Gasteiger partial charge is 0.508 e. The number of benzene rings is 4. The summed E-state index contributed by atoms with van der Waals surface area (Å²) >= 11 is 0. The summed E-state index contributed by atoms with van der Waals surface area (Å²) in [6, 6.07) is 31.4. The van der Waals surface area contributed by atoms with Crippen LogP contribution in [0.3, 0.4) is 0 Å². The number of hydrogen-bond acceptors (Lipinski definition) is 5. The van der Waals surface area contributed by atoms with Gasteiger partial charge in [-0.25, -0.2) is 0 Å². The summed E-state index contributed by atoms with van der Waals surface area (Å²) in [4.78, 5) is 0. The monoisotopic (exact) mass is 418 g/mol. The first kappa shape index (κ1) is 19.6. The van der Waals surface area contributed by atoms with Crippen LogP contribution >= 0.6 is 7.82 Å². The van der Waals surface area contributed by atoms with E-state index < -0.39 is 7.82 Å². The van der Waals surface area contributed by atoms with E-state index in [1.807, 2.05) is 36.4 Å². The molecule has 0 unspecified atom stereocenters. The van der Waals surface area contributed by atoms with Gasteiger partial charge in [-0.15, -0.1) is 0 Å². The van der Waals surface area contributed by atoms with Crippen molar-refractivity contribution in [1.29, 1.82) is 0 Å². The number of phenolic OH excluding ortho intramolecular Hbond substituents is 1. The maximum absolute atomic E-state index is 13.4. The van der Waals surface area contributed by atoms with E-state index in [1.165, 1.54) is 0 Å². The van der Waals surface area contributed by atoms with Gasteiger partial charge in [0.1, 0.15) is 23.0 Å². The van der Waals surface area contributed by atoms with Crippen molar-refractivity contribution in [2.24, 2.45) is 0 Å². The number of phosphoric acid groups is 1. The number of aromatic hydroxyl groups is 1. The van der Waals surface area contributed by atoms with E-state index in [0.29, 0.717) is 17.2 Å². The molecular formula is C24H19O5P. The highest BCUT2D eigenvalue weighted by molar-refractivity contribution is 7.49. The van der Waals surface area contributed by atoms with Crippen LogP contribution < -0.4 is 13.6 Å². The molecule has 150 valence electrons. The number of phosphoric ester groups is 1. The van der Waals surface area contributed by atoms with Crippen molar-refractivity contribution in [3.8, 4) is 34.1 Å². The average Bonchev–Trinajstić information content (AvgIpc) is 2.76. The van der Waals surface area contributed by atoms with E-state index in [9.17, 15) is 9.67 Å². The lowest BCUT2D eigenvalue weighted by Gasteiger charge is -2.19. The Bertz CT molecular complexity index is 1080. The van der Waals surface area contributed by atoms with Gasteiger partial charge in [-0.05, 0) is 59.7 Å². The zero-order valence-corrected chi connectivity index (χ0v) is 16.8. The van der Waals surface area contributed by atoms with Gasteiger partial charge in [0.15, 0.2) is 0 Å². The molecule has 6 heteroatoms. The predicted molar refractivity (Wildman–Crippen MR) is 116 cm³/mol. The van der Waals surface area contributed by atoms with E-state index >= 15 is 0 Å². The highest BCUT2D eigenvalue weighted by atomic mass is 31.2. The molecular weight excluding hydrogens is 399 g/mol. The van der Waals surface area contributed by atoms with Crippen molar-refractivity contribution in [1.82, 2.24) is 0 Å². The second-order valence-corrected chi connectivity index (χ2v) is 7.86. The number of hydrogen-bond donors (Lipinski definition) is 1. The Morgan fingerprint density at radius 1 is 0.500 bits per heavy atom. The molecule has 30 heavy (non-hydrogen) atoms. The van der Waals surface area contributed by atoms with Gasteiger partial charge >= 0.3 is 7.82 Å². The highest BCUT2D eigenvalue weighted by Gasteiger charge is 2.33. The summed E-state index contributed by atoms with van der Waals surface area (Å²) in [6.45, 7) is 0. The van der Waals surface area contributed by atoms with Gasteiger partial charge in [-0.1, -0.05) is 60.7 Å². The predicted octanol–water partition coefficient (Wildman–Crippen LogP) is 6.70. The minimum atomic E-state index is -4.01. The number of phenols is 1. The second-order valence-electron chi connectivity index (χ2n) is 6.42. The van der Waals surface area contributed by atoms with Crippen LogP contribution in [-0.4, -0.2) is 5.11 Å². The third kappa shape index (κ3) is 5.02. The van der Waals surface area contributed by atoms with E-state index in [1.54, 1.807) is 72.8 Å². The lowest BCUT2D eigenvalue weighted by Crippen LogP contribution is -2.07. The molecule has 5 nitrogen and oxygen atoms in total. The summed E-state index contributed by atoms with van der Waals surface area (Å²) in [6.07, 6.45) is 0. The van der Waals surface area contributed by atoms with Crippen molar-refractivity contribution in [3.63, 3.8) is 0 Å². The van der Waals surface area contributed by atoms with Gasteiger partial charge in [-0.3, -0.25) is 0 Å². The molecule has 0 spiro atoms. The molecule has 4 aromatic rings. The standard InChI is InChI=1S/C24H19O5P/c25-21-15-11-19(12-16-21)20-13-17-24(18-14-20)29-30(26,27-22-7-3-1-4-8-22)28-23-9-5-2-6-10-23/h1-18,25H. The molecule has 0 amide bonds. The molecule has 4 aromatic carbocycles. The first-order valence-corrected chi connectivity index (χ1v) is 10.7. The van der Waals surface area contributed by atoms with Gasteiger partial charge in [-0.2, -0.15) is 4.57 Å². The second kappa shape index (κ2) is 8.76. The highest BCUT2D eigenvalue weighted by Crippen LogP contribution is 2.49. The Morgan fingerprint density at radius 3 is 1.30 bits per heavy atom. The molecule has 0 heterocycles. The molecule has 0 radical (unpaired) electrons. The largest absolute Gasteiger partial charge is 0.647 e. The van der Waals surface area contributed by atoms with Crippen LogP contribution in [0.4, 0.5) is 0 Å². The summed E-state index contributed by atoms with van der Waals surface area (Å²) in [5, 5.41) is 9.44. The van der Waals surface area contributed by atoms with E-state index in [0.717, 1.165) is 11.1 Å². The third-order valence-electron chi connectivity index (χ3n) is 4.19. The van der Waals surface area contributed by atoms with Crippen molar-refractivity contribution < 1.29 is 23.2 Å². The van der Waals surface area contributed by atoms with Gasteiger partial charge in [0.25, 0.3) is 0 Å². The van der Waals surface area contributed by atoms with Crippen molar-refractivity contribution in [2.75, 3.05) is 0 Å². The molecule has 4 rings (SSSR count). The minimum Gasteiger partial charge on any atom is -0.508 e. The average molecular weight is 418 g/mol. The normalized spacial score (nSPS) is 10.9. The maximum Gasteiger partial charge on any atom is 0.647 e. The lowest BCUT2D eigenvalue weighted by molar-refractivity contribution is 0.298. The first-order chi connectivity index (χ1) is 14.6. The van der Waals surface area contributed by atoms with Gasteiger partial charge in [0, 0.05) is 0 Å². The fourth-order valence-electron chi connectivity index (χ4n) is 2.77. The topological polar surface area (TPSA) is 65.0 Å². The molecule has 0 aliphatic heterocycles. The minimum absolute atomic E-state index is 0.204. The van der Waals surface area contributed by atoms with Crippen LogP contribution in [-0.2, 0) is 4.57 Å². The molecule has 0 aliphatic rings. The lowest BCUT2D eigenvalue weighted by atomic mass is 10.1. The molecule has 0 saturated carbocycles. The van der Waals surface area contributed by atoms with Crippen LogP contribution in [0.2, 0.25) is 0 Å². The Labute approximate surface area is 174 Å². The van der Waals surface area contributed by atoms with E-state index in [-0.39, 0.29) is 5.75 Å². The number of para-hydroxylation sites is 2. The van der Waals surface area contributed by atoms with Gasteiger partial charge < -0.3 is 18.7 Å². The maximum atomic E-state index is 13.4. The molecule has 0 fully saturated rings. The summed E-state index contributed by atoms with van der Waals surface area (Å²) < 4.78 is 30.4. The molecule has 0 aromatic heterocycles. The fraction of sp³-hybridized carbons (Fsp3) is 0. The molecule has 0 aliphatic carbocycles. The van der Waals surface area contributed by atoms with Crippen LogP contribution in [0.1, 0.15) is 0 Å². The van der Waals surface area contributed by atoms with Gasteiger partial charge in [0.05, 0.1) is 0 Å². The molecule has 0 bridgehead atoms. The number of rotatable bonds is 7. The summed E-state index contributed by atoms with van der Waals surface area (Å²) in [5.74, 6) is 1.29. The first-order valence-electron chi connectivity index (χ1n) is 9.28. The van der Waals surface area contributed by atoms with Crippen LogP contribution in [0.15, 0.2) is 109 Å². The molecule has 0 atom stereocenters. The van der Waals surface area contributed by atoms with Crippen LogP contribution in [0, 0.1) is 0 Å². The fourth-order valence-corrected chi connectivity index (χ4v) is 4.02. The summed E-state index contributed by atoms with van der Waals surface area (Å²) in [7, 11) is -4.01. The summed E-state index contributed by atoms with van der Waals surface area (Å²) in [5.41, 5.74) is 1.86. The Kier molecular flexibility index (Phi) is 5.73. The Morgan fingerprint density at radius 2 is 0.867 bits per heavy atom. The van der Waals surface area contributed by atoms with Crippen molar-refractivity contribution in [3.05, 3.63) is 109 Å². The SMILES string of the molecule is O=P(Oc1ccccc1)(Oc1ccccc1)Oc1ccc(-c2ccc(O)cc2)cc1. The van der Waals surface area contributed by atoms with Crippen LogP contribution in [0.25, 0.3) is 11.1 Å². The zero-order valence-electron chi connectivity index (χ0n) is 15.9. The zero-order chi connectivity index (χ0) is 20.8. The van der Waals surface area contributed by atoms with E-state index in [4.69, 9.17) is 13.6 Å². The quantitative estimate of drug-likeness (QED) is 0.338. The third-order valence-corrected chi connectivity index (χ3v) is 5.50. The Hall–Kier alpha value is -3.69. The van der Waals surface area contributed by atoms with E-state index in [2.05, 4.69) is 0 Å². The molecule has 1 N–H and O–H groups in total. The van der Waals surface area contributed by atoms with Crippen LogP contribution in [0.5, 0.6) is 23.0 Å². The molecule has 0 saturated heterocycles. The Balaban J connectivity index is 1.57. The van der Waals surface area contributed by atoms with Gasteiger partial charge in [0.2, 0.25) is 0 Å². The van der Waals surface area contributed by atoms with Crippen molar-refractivity contribution >= 4 is 7.82 Å². The van der Waals surface area contributed by atoms with Crippen molar-refractivity contribution in [2.45, 2.75) is 0 Å².